The molecule has 1 unspecified atom stereocenters. The van der Waals surface area contributed by atoms with Gasteiger partial charge in [0.25, 0.3) is 5.91 Å². The highest BCUT2D eigenvalue weighted by molar-refractivity contribution is 9.10. The van der Waals surface area contributed by atoms with Crippen LogP contribution < -0.4 is 4.90 Å². The third kappa shape index (κ3) is 4.18. The maximum atomic E-state index is 13.4. The summed E-state index contributed by atoms with van der Waals surface area (Å²) in [5.41, 5.74) is 0.345. The zero-order valence-corrected chi connectivity index (χ0v) is 18.3. The Balaban J connectivity index is 1.73. The van der Waals surface area contributed by atoms with Crippen molar-refractivity contribution < 1.29 is 26.8 Å². The van der Waals surface area contributed by atoms with Gasteiger partial charge in [0.1, 0.15) is 17.6 Å². The van der Waals surface area contributed by atoms with E-state index in [1.165, 1.54) is 6.26 Å². The lowest BCUT2D eigenvalue weighted by Gasteiger charge is -2.26. The highest BCUT2D eigenvalue weighted by atomic mass is 79.9. The number of carbonyl (C=O) groups excluding carboxylic acids is 2. The Bertz CT molecular complexity index is 1210. The molecular formula is C21H16BrFN2O5S. The van der Waals surface area contributed by atoms with Crippen LogP contribution in [0.4, 0.5) is 10.1 Å². The summed E-state index contributed by atoms with van der Waals surface area (Å²) in [6, 6.07) is 12.7. The monoisotopic (exact) mass is 506 g/mol. The quantitative estimate of drug-likeness (QED) is 0.475. The Hall–Kier alpha value is -2.82. The lowest BCUT2D eigenvalue weighted by molar-refractivity contribution is -0.122. The molecule has 1 fully saturated rings. The minimum Gasteiger partial charge on any atom is -0.468 e. The lowest BCUT2D eigenvalue weighted by atomic mass is 10.2. The van der Waals surface area contributed by atoms with Crippen LogP contribution in [0.3, 0.4) is 0 Å². The molecule has 10 heteroatoms. The van der Waals surface area contributed by atoms with Crippen LogP contribution in [0.1, 0.15) is 12.2 Å². The van der Waals surface area contributed by atoms with Crippen molar-refractivity contribution >= 4 is 43.5 Å². The molecule has 0 bridgehead atoms. The molecule has 0 aliphatic carbocycles. The van der Waals surface area contributed by atoms with Gasteiger partial charge in [-0.1, -0.05) is 15.9 Å². The van der Waals surface area contributed by atoms with E-state index in [0.29, 0.717) is 11.4 Å². The van der Waals surface area contributed by atoms with Crippen molar-refractivity contribution in [3.8, 4) is 0 Å². The van der Waals surface area contributed by atoms with E-state index in [9.17, 15) is 22.4 Å². The van der Waals surface area contributed by atoms with Crippen LogP contribution >= 0.6 is 15.9 Å². The molecule has 0 N–H and O–H groups in total. The Morgan fingerprint density at radius 2 is 1.74 bits per heavy atom. The minimum atomic E-state index is -4.25. The van der Waals surface area contributed by atoms with Gasteiger partial charge in [0.05, 0.1) is 29.8 Å². The van der Waals surface area contributed by atoms with Crippen LogP contribution in [0, 0.1) is 5.82 Å². The first-order chi connectivity index (χ1) is 14.8. The first-order valence-electron chi connectivity index (χ1n) is 9.19. The van der Waals surface area contributed by atoms with Crippen LogP contribution in [0.15, 0.2) is 80.7 Å². The van der Waals surface area contributed by atoms with E-state index in [2.05, 4.69) is 15.9 Å². The SMILES string of the molecule is O=C1CC(N(Cc2ccco2)S(=O)(=O)c2ccc(F)cc2)C(=O)N1c1ccc(Br)cc1. The maximum Gasteiger partial charge on any atom is 0.252 e. The molecule has 31 heavy (non-hydrogen) atoms. The summed E-state index contributed by atoms with van der Waals surface area (Å²) in [5.74, 6) is -1.47. The van der Waals surface area contributed by atoms with Gasteiger partial charge < -0.3 is 4.42 Å². The van der Waals surface area contributed by atoms with E-state index in [0.717, 1.165) is 37.9 Å². The van der Waals surface area contributed by atoms with Gasteiger partial charge in [0.2, 0.25) is 15.9 Å². The second-order valence-corrected chi connectivity index (χ2v) is 9.65. The Morgan fingerprint density at radius 3 is 2.35 bits per heavy atom. The summed E-state index contributed by atoms with van der Waals surface area (Å²) in [7, 11) is -4.25. The molecule has 0 radical (unpaired) electrons. The van der Waals surface area contributed by atoms with Crippen molar-refractivity contribution in [3.05, 3.63) is 83.0 Å². The average Bonchev–Trinajstić information content (AvgIpc) is 3.35. The number of carbonyl (C=O) groups is 2. The van der Waals surface area contributed by atoms with Crippen LogP contribution in [-0.2, 0) is 26.2 Å². The van der Waals surface area contributed by atoms with Gasteiger partial charge in [0.15, 0.2) is 0 Å². The van der Waals surface area contributed by atoms with Crippen LogP contribution in [-0.4, -0.2) is 30.6 Å². The number of imide groups is 1. The summed E-state index contributed by atoms with van der Waals surface area (Å²) in [5, 5.41) is 0. The van der Waals surface area contributed by atoms with Gasteiger partial charge in [-0.05, 0) is 60.7 Å². The van der Waals surface area contributed by atoms with Gasteiger partial charge in [-0.25, -0.2) is 17.7 Å². The zero-order valence-electron chi connectivity index (χ0n) is 15.9. The van der Waals surface area contributed by atoms with Crippen molar-refractivity contribution in [1.29, 1.82) is 0 Å². The Kier molecular flexibility index (Phi) is 5.78. The summed E-state index contributed by atoms with van der Waals surface area (Å²) in [6.45, 7) is -0.259. The predicted molar refractivity (Wildman–Crippen MR) is 113 cm³/mol. The lowest BCUT2D eigenvalue weighted by Crippen LogP contribution is -2.45. The number of benzene rings is 2. The van der Waals surface area contributed by atoms with Gasteiger partial charge in [-0.3, -0.25) is 9.59 Å². The molecule has 0 spiro atoms. The fourth-order valence-electron chi connectivity index (χ4n) is 3.36. The van der Waals surface area contributed by atoms with Crippen molar-refractivity contribution in [2.75, 3.05) is 4.90 Å². The molecule has 2 aromatic carbocycles. The van der Waals surface area contributed by atoms with Crippen LogP contribution in [0.2, 0.25) is 0 Å². The number of halogens is 2. The van der Waals surface area contributed by atoms with Gasteiger partial charge in [-0.15, -0.1) is 0 Å². The second-order valence-electron chi connectivity index (χ2n) is 6.85. The average molecular weight is 507 g/mol. The van der Waals surface area contributed by atoms with Crippen molar-refractivity contribution in [3.63, 3.8) is 0 Å². The number of anilines is 1. The fraction of sp³-hybridized carbons (Fsp3) is 0.143. The third-order valence-electron chi connectivity index (χ3n) is 4.87. The van der Waals surface area contributed by atoms with E-state index < -0.39 is 33.7 Å². The summed E-state index contributed by atoms with van der Waals surface area (Å²) < 4.78 is 47.0. The normalized spacial score (nSPS) is 17.0. The van der Waals surface area contributed by atoms with Gasteiger partial charge in [-0.2, -0.15) is 4.31 Å². The topological polar surface area (TPSA) is 87.9 Å². The number of sulfonamides is 1. The summed E-state index contributed by atoms with van der Waals surface area (Å²) >= 11 is 3.30. The number of furan rings is 1. The Morgan fingerprint density at radius 1 is 1.06 bits per heavy atom. The van der Waals surface area contributed by atoms with E-state index in [1.54, 1.807) is 36.4 Å². The number of rotatable bonds is 6. The van der Waals surface area contributed by atoms with E-state index in [1.807, 2.05) is 0 Å². The molecule has 4 rings (SSSR count). The molecule has 1 aliphatic rings. The molecule has 1 aliphatic heterocycles. The van der Waals surface area contributed by atoms with Crippen LogP contribution in [0.25, 0.3) is 0 Å². The van der Waals surface area contributed by atoms with Crippen molar-refractivity contribution in [1.82, 2.24) is 4.31 Å². The van der Waals surface area contributed by atoms with E-state index in [-0.39, 0.29) is 17.9 Å². The minimum absolute atomic E-state index is 0.192. The van der Waals surface area contributed by atoms with Gasteiger partial charge in [0, 0.05) is 4.47 Å². The van der Waals surface area contributed by atoms with E-state index >= 15 is 0 Å². The van der Waals surface area contributed by atoms with Crippen molar-refractivity contribution in [2.45, 2.75) is 23.9 Å². The highest BCUT2D eigenvalue weighted by Gasteiger charge is 2.47. The molecule has 0 saturated carbocycles. The molecule has 1 saturated heterocycles. The number of hydrogen-bond donors (Lipinski definition) is 0. The zero-order chi connectivity index (χ0) is 22.2. The molecule has 3 aromatic rings. The largest absolute Gasteiger partial charge is 0.468 e. The second kappa shape index (κ2) is 8.37. The molecular weight excluding hydrogens is 491 g/mol. The molecule has 1 atom stereocenters. The maximum absolute atomic E-state index is 13.4. The first-order valence-corrected chi connectivity index (χ1v) is 11.4. The standard InChI is InChI=1S/C21H16BrFN2O5S/c22-14-3-7-16(8-4-14)25-20(26)12-19(21(25)27)24(13-17-2-1-11-30-17)31(28,29)18-9-5-15(23)6-10-18/h1-11,19H,12-13H2. The smallest absolute Gasteiger partial charge is 0.252 e. The number of hydrogen-bond acceptors (Lipinski definition) is 5. The molecule has 2 amide bonds. The van der Waals surface area contributed by atoms with Gasteiger partial charge >= 0.3 is 0 Å². The molecule has 2 heterocycles. The highest BCUT2D eigenvalue weighted by Crippen LogP contribution is 2.31. The molecule has 1 aromatic heterocycles. The summed E-state index contributed by atoms with van der Waals surface area (Å²) in [6.07, 6.45) is 1.06. The predicted octanol–water partition coefficient (Wildman–Crippen LogP) is 3.70. The number of amides is 2. The number of nitrogens with zero attached hydrogens (tertiary/aromatic N) is 2. The van der Waals surface area contributed by atoms with Crippen molar-refractivity contribution in [2.24, 2.45) is 0 Å². The molecule has 7 nitrogen and oxygen atoms in total. The third-order valence-corrected chi connectivity index (χ3v) is 7.26. The summed E-state index contributed by atoms with van der Waals surface area (Å²) in [4.78, 5) is 26.7. The van der Waals surface area contributed by atoms with E-state index in [4.69, 9.17) is 4.42 Å². The molecule has 160 valence electrons. The first kappa shape index (κ1) is 21.4. The fourth-order valence-corrected chi connectivity index (χ4v) is 5.18. The Labute approximate surface area is 186 Å². The van der Waals surface area contributed by atoms with Crippen LogP contribution in [0.5, 0.6) is 0 Å².